The summed E-state index contributed by atoms with van der Waals surface area (Å²) in [6, 6.07) is 11.1. The molecule has 0 bridgehead atoms. The molecule has 0 saturated heterocycles. The predicted molar refractivity (Wildman–Crippen MR) is 120 cm³/mol. The van der Waals surface area contributed by atoms with Gasteiger partial charge in [0.2, 0.25) is 15.9 Å². The molecule has 2 aromatic carbocycles. The number of aryl methyl sites for hydroxylation is 2. The summed E-state index contributed by atoms with van der Waals surface area (Å²) in [5.41, 5.74) is 2.22. The number of hydrogen-bond donors (Lipinski definition) is 1. The van der Waals surface area contributed by atoms with Crippen LogP contribution >= 0.6 is 0 Å². The fraction of sp³-hybridized carbons (Fsp3) is 0.364. The maximum absolute atomic E-state index is 12.3. The second-order valence-corrected chi connectivity index (χ2v) is 9.80. The van der Waals surface area contributed by atoms with Crippen molar-refractivity contribution in [3.05, 3.63) is 53.9 Å². The average Bonchev–Trinajstić information content (AvgIpc) is 3.08. The van der Waals surface area contributed by atoms with Crippen molar-refractivity contribution in [2.45, 2.75) is 30.8 Å². The number of benzene rings is 2. The Morgan fingerprint density at radius 1 is 1.15 bits per heavy atom. The minimum Gasteiger partial charge on any atom is -0.435 e. The van der Waals surface area contributed by atoms with E-state index in [0.29, 0.717) is 30.7 Å². The van der Waals surface area contributed by atoms with Gasteiger partial charge in [-0.1, -0.05) is 12.1 Å². The summed E-state index contributed by atoms with van der Waals surface area (Å²) in [6.07, 6.45) is 1.17. The van der Waals surface area contributed by atoms with E-state index in [-0.39, 0.29) is 23.0 Å². The van der Waals surface area contributed by atoms with Crippen LogP contribution in [0.25, 0.3) is 11.0 Å². The lowest BCUT2D eigenvalue weighted by Gasteiger charge is -2.10. The van der Waals surface area contributed by atoms with Gasteiger partial charge in [-0.25, -0.2) is 17.7 Å². The zero-order valence-corrected chi connectivity index (χ0v) is 19.4. The van der Waals surface area contributed by atoms with Crippen LogP contribution in [0.15, 0.2) is 47.4 Å². The summed E-state index contributed by atoms with van der Waals surface area (Å²) in [6.45, 7) is -2.46. The van der Waals surface area contributed by atoms with Crippen molar-refractivity contribution < 1.29 is 26.7 Å². The number of fused-ring (bicyclic) bond motifs is 1. The number of aromatic nitrogens is 2. The van der Waals surface area contributed by atoms with Crippen LogP contribution < -0.4 is 10.1 Å². The number of nitrogens with one attached hydrogen (secondary N) is 1. The van der Waals surface area contributed by atoms with Gasteiger partial charge in [-0.15, -0.1) is 0 Å². The fourth-order valence-corrected chi connectivity index (χ4v) is 4.24. The molecule has 1 N–H and O–H groups in total. The lowest BCUT2D eigenvalue weighted by molar-refractivity contribution is -0.121. The number of carbonyl (C=O) groups excluding carboxylic acids is 1. The normalized spacial score (nSPS) is 12.0. The van der Waals surface area contributed by atoms with Crippen LogP contribution in [-0.4, -0.2) is 55.4 Å². The lowest BCUT2D eigenvalue weighted by Crippen LogP contribution is -2.26. The Labute approximate surface area is 191 Å². The molecule has 11 heteroatoms. The van der Waals surface area contributed by atoms with Crippen LogP contribution in [-0.2, 0) is 34.7 Å². The van der Waals surface area contributed by atoms with Crippen LogP contribution in [0.3, 0.4) is 0 Å². The van der Waals surface area contributed by atoms with Gasteiger partial charge in [0.05, 0.1) is 15.9 Å². The molecule has 0 unspecified atom stereocenters. The average molecular weight is 481 g/mol. The smallest absolute Gasteiger partial charge is 0.387 e. The summed E-state index contributed by atoms with van der Waals surface area (Å²) < 4.78 is 56.4. The van der Waals surface area contributed by atoms with Crippen molar-refractivity contribution in [2.75, 3.05) is 20.6 Å². The van der Waals surface area contributed by atoms with E-state index in [2.05, 4.69) is 15.0 Å². The molecule has 178 valence electrons. The topological polar surface area (TPSA) is 93.5 Å². The molecule has 0 spiro atoms. The molecule has 1 aromatic heterocycles. The van der Waals surface area contributed by atoms with Gasteiger partial charge in [0.25, 0.3) is 0 Å². The monoisotopic (exact) mass is 480 g/mol. The van der Waals surface area contributed by atoms with Gasteiger partial charge in [0.15, 0.2) is 0 Å². The minimum atomic E-state index is -3.56. The van der Waals surface area contributed by atoms with Crippen molar-refractivity contribution >= 4 is 27.0 Å². The van der Waals surface area contributed by atoms with Crippen molar-refractivity contribution in [3.8, 4) is 5.75 Å². The van der Waals surface area contributed by atoms with Gasteiger partial charge in [0, 0.05) is 40.5 Å². The van der Waals surface area contributed by atoms with Crippen LogP contribution in [0, 0.1) is 0 Å². The quantitative estimate of drug-likeness (QED) is 0.482. The van der Waals surface area contributed by atoms with Crippen LogP contribution in [0.1, 0.15) is 17.8 Å². The first kappa shape index (κ1) is 24.6. The molecule has 8 nitrogen and oxygen atoms in total. The number of hydrogen-bond acceptors (Lipinski definition) is 5. The van der Waals surface area contributed by atoms with Gasteiger partial charge in [0.1, 0.15) is 11.6 Å². The third-order valence-corrected chi connectivity index (χ3v) is 6.99. The third kappa shape index (κ3) is 6.05. The standard InChI is InChI=1S/C22H26F2N4O4S/c1-27(2)33(30,31)17-8-9-19-18(14-17)26-20(28(19)3)10-11-21(29)25-13-12-15-4-6-16(7-5-15)32-22(23)24/h4-9,14,22H,10-13H2,1-3H3,(H,25,29). The van der Waals surface area contributed by atoms with E-state index in [1.165, 1.54) is 32.3 Å². The summed E-state index contributed by atoms with van der Waals surface area (Å²) in [5, 5.41) is 2.83. The number of rotatable bonds is 10. The Morgan fingerprint density at radius 2 is 1.85 bits per heavy atom. The minimum absolute atomic E-state index is 0.0895. The molecule has 0 radical (unpaired) electrons. The predicted octanol–water partition coefficient (Wildman–Crippen LogP) is 2.72. The van der Waals surface area contributed by atoms with Gasteiger partial charge < -0.3 is 14.6 Å². The van der Waals surface area contributed by atoms with Gasteiger partial charge in [-0.3, -0.25) is 4.79 Å². The van der Waals surface area contributed by atoms with Gasteiger partial charge >= 0.3 is 6.61 Å². The van der Waals surface area contributed by atoms with Crippen molar-refractivity contribution in [1.82, 2.24) is 19.2 Å². The molecular weight excluding hydrogens is 454 g/mol. The van der Waals surface area contributed by atoms with E-state index in [4.69, 9.17) is 0 Å². The Balaban J connectivity index is 1.54. The molecule has 0 atom stereocenters. The molecule has 1 amide bonds. The first-order valence-corrected chi connectivity index (χ1v) is 11.7. The maximum atomic E-state index is 12.3. The number of carbonyl (C=O) groups is 1. The van der Waals surface area contributed by atoms with Crippen molar-refractivity contribution in [1.29, 1.82) is 0 Å². The lowest BCUT2D eigenvalue weighted by atomic mass is 10.1. The highest BCUT2D eigenvalue weighted by molar-refractivity contribution is 7.89. The summed E-state index contributed by atoms with van der Waals surface area (Å²) in [5.74, 6) is 0.622. The van der Waals surface area contributed by atoms with E-state index in [1.807, 2.05) is 11.6 Å². The number of imidazole rings is 1. The Kier molecular flexibility index (Phi) is 7.65. The second kappa shape index (κ2) is 10.3. The molecule has 0 saturated carbocycles. The zero-order valence-electron chi connectivity index (χ0n) is 18.6. The fourth-order valence-electron chi connectivity index (χ4n) is 3.32. The summed E-state index contributed by atoms with van der Waals surface area (Å²) in [7, 11) is 1.21. The number of sulfonamides is 1. The molecule has 0 fully saturated rings. The zero-order chi connectivity index (χ0) is 24.2. The van der Waals surface area contributed by atoms with E-state index >= 15 is 0 Å². The SMILES string of the molecule is CN(C)S(=O)(=O)c1ccc2c(c1)nc(CCC(=O)NCCc1ccc(OC(F)F)cc1)n2C. The molecule has 0 aliphatic rings. The molecule has 33 heavy (non-hydrogen) atoms. The molecule has 1 heterocycles. The molecule has 3 aromatic rings. The van der Waals surface area contributed by atoms with Crippen LogP contribution in [0.2, 0.25) is 0 Å². The Hall–Kier alpha value is -3.05. The van der Waals surface area contributed by atoms with E-state index in [1.54, 1.807) is 24.3 Å². The number of nitrogens with zero attached hydrogens (tertiary/aromatic N) is 3. The highest BCUT2D eigenvalue weighted by atomic mass is 32.2. The maximum Gasteiger partial charge on any atom is 0.387 e. The van der Waals surface area contributed by atoms with Crippen LogP contribution in [0.5, 0.6) is 5.75 Å². The number of ether oxygens (including phenoxy) is 1. The Bertz CT molecular complexity index is 1230. The Morgan fingerprint density at radius 3 is 2.48 bits per heavy atom. The molecule has 0 aliphatic heterocycles. The molecule has 0 aliphatic carbocycles. The van der Waals surface area contributed by atoms with Crippen molar-refractivity contribution in [2.24, 2.45) is 7.05 Å². The highest BCUT2D eigenvalue weighted by Crippen LogP contribution is 2.22. The van der Waals surface area contributed by atoms with E-state index in [0.717, 1.165) is 15.4 Å². The first-order valence-electron chi connectivity index (χ1n) is 10.3. The highest BCUT2D eigenvalue weighted by Gasteiger charge is 2.19. The van der Waals surface area contributed by atoms with Crippen LogP contribution in [0.4, 0.5) is 8.78 Å². The number of halogens is 2. The van der Waals surface area contributed by atoms with E-state index in [9.17, 15) is 22.0 Å². The largest absolute Gasteiger partial charge is 0.435 e. The molecular formula is C22H26F2N4O4S. The summed E-state index contributed by atoms with van der Waals surface area (Å²) >= 11 is 0. The number of alkyl halides is 2. The summed E-state index contributed by atoms with van der Waals surface area (Å²) in [4.78, 5) is 16.9. The third-order valence-electron chi connectivity index (χ3n) is 5.18. The van der Waals surface area contributed by atoms with Gasteiger partial charge in [-0.05, 0) is 42.3 Å². The number of amides is 1. The first-order chi connectivity index (χ1) is 15.6. The molecule has 3 rings (SSSR count). The van der Waals surface area contributed by atoms with Crippen molar-refractivity contribution in [3.63, 3.8) is 0 Å². The van der Waals surface area contributed by atoms with E-state index < -0.39 is 16.6 Å². The van der Waals surface area contributed by atoms with Gasteiger partial charge in [-0.2, -0.15) is 8.78 Å². The second-order valence-electron chi connectivity index (χ2n) is 7.65.